The first-order valence-electron chi connectivity index (χ1n) is 19.0. The number of hydrogen-bond donors (Lipinski definition) is 0. The van der Waals surface area contributed by atoms with E-state index in [0.717, 1.165) is 17.1 Å². The Labute approximate surface area is 320 Å². The van der Waals surface area contributed by atoms with Crippen LogP contribution in [0.15, 0.2) is 212 Å². The molecule has 0 heterocycles. The van der Waals surface area contributed by atoms with E-state index in [2.05, 4.69) is 217 Å². The monoisotopic (exact) mass is 697 g/mol. The lowest BCUT2D eigenvalue weighted by Gasteiger charge is -2.28. The van der Waals surface area contributed by atoms with Crippen LogP contribution in [-0.2, 0) is 0 Å². The molecule has 11 aromatic carbocycles. The van der Waals surface area contributed by atoms with E-state index >= 15 is 0 Å². The summed E-state index contributed by atoms with van der Waals surface area (Å²) in [6, 6.07) is 77.9. The Morgan fingerprint density at radius 1 is 0.218 bits per heavy atom. The summed E-state index contributed by atoms with van der Waals surface area (Å²) in [6.07, 6.45) is 0. The summed E-state index contributed by atoms with van der Waals surface area (Å²) >= 11 is 0. The summed E-state index contributed by atoms with van der Waals surface area (Å²) < 4.78 is 0. The second kappa shape index (κ2) is 12.7. The molecule has 11 aromatic rings. The fourth-order valence-electron chi connectivity index (χ4n) is 8.62. The van der Waals surface area contributed by atoms with Crippen LogP contribution in [0.1, 0.15) is 0 Å². The first-order chi connectivity index (χ1) is 27.2. The second-order valence-electron chi connectivity index (χ2n) is 14.5. The summed E-state index contributed by atoms with van der Waals surface area (Å²) in [7, 11) is 0. The lowest BCUT2D eigenvalue weighted by atomic mass is 9.96. The second-order valence-corrected chi connectivity index (χ2v) is 14.5. The number of fused-ring (bicyclic) bond motifs is 9. The van der Waals surface area contributed by atoms with Crippen LogP contribution >= 0.6 is 0 Å². The lowest BCUT2D eigenvalue weighted by Crippen LogP contribution is -2.10. The van der Waals surface area contributed by atoms with Crippen molar-refractivity contribution in [2.24, 2.45) is 0 Å². The topological polar surface area (TPSA) is 3.24 Å². The SMILES string of the molecule is c1ccc2c(c1)ccc1ccc(-c3ccc(N(c4ccc(-c5ccc6ccc7ccccc7c6c5)cc4)c4cc5ccccc5c5ccccc45)cc3)cc12. The van der Waals surface area contributed by atoms with Gasteiger partial charge in [0.15, 0.2) is 0 Å². The van der Waals surface area contributed by atoms with Gasteiger partial charge in [0.05, 0.1) is 5.69 Å². The Bertz CT molecular complexity index is 3090. The molecule has 0 aliphatic rings. The van der Waals surface area contributed by atoms with Crippen molar-refractivity contribution < 1.29 is 0 Å². The van der Waals surface area contributed by atoms with Crippen molar-refractivity contribution in [1.29, 1.82) is 0 Å². The molecule has 256 valence electrons. The maximum atomic E-state index is 2.42. The molecule has 0 saturated carbocycles. The number of hydrogen-bond acceptors (Lipinski definition) is 1. The highest BCUT2D eigenvalue weighted by Crippen LogP contribution is 2.43. The van der Waals surface area contributed by atoms with Gasteiger partial charge in [-0.05, 0) is 124 Å². The van der Waals surface area contributed by atoms with Crippen LogP contribution in [0.5, 0.6) is 0 Å². The highest BCUT2D eigenvalue weighted by atomic mass is 15.1. The van der Waals surface area contributed by atoms with Gasteiger partial charge >= 0.3 is 0 Å². The molecule has 0 atom stereocenters. The Balaban J connectivity index is 1.04. The van der Waals surface area contributed by atoms with Gasteiger partial charge in [0.2, 0.25) is 0 Å². The van der Waals surface area contributed by atoms with E-state index in [9.17, 15) is 0 Å². The quantitative estimate of drug-likeness (QED) is 0.162. The number of rotatable bonds is 5. The molecule has 0 spiro atoms. The van der Waals surface area contributed by atoms with Crippen LogP contribution in [0.3, 0.4) is 0 Å². The molecule has 0 amide bonds. The van der Waals surface area contributed by atoms with E-state index in [4.69, 9.17) is 0 Å². The maximum absolute atomic E-state index is 2.42. The average Bonchev–Trinajstić information content (AvgIpc) is 3.26. The minimum Gasteiger partial charge on any atom is -0.310 e. The van der Waals surface area contributed by atoms with Crippen LogP contribution in [-0.4, -0.2) is 0 Å². The third kappa shape index (κ3) is 5.32. The first kappa shape index (κ1) is 31.3. The molecule has 1 nitrogen and oxygen atoms in total. The Hall–Kier alpha value is -7.22. The van der Waals surface area contributed by atoms with Crippen molar-refractivity contribution >= 4 is 81.7 Å². The van der Waals surface area contributed by atoms with E-state index in [1.54, 1.807) is 0 Å². The normalized spacial score (nSPS) is 11.6. The molecule has 0 aliphatic heterocycles. The van der Waals surface area contributed by atoms with E-state index in [0.29, 0.717) is 0 Å². The highest BCUT2D eigenvalue weighted by Gasteiger charge is 2.18. The van der Waals surface area contributed by atoms with Gasteiger partial charge in [0.25, 0.3) is 0 Å². The fraction of sp³-hybridized carbons (Fsp3) is 0. The van der Waals surface area contributed by atoms with Gasteiger partial charge in [-0.25, -0.2) is 0 Å². The molecule has 0 N–H and O–H groups in total. The van der Waals surface area contributed by atoms with E-state index < -0.39 is 0 Å². The zero-order valence-corrected chi connectivity index (χ0v) is 30.2. The van der Waals surface area contributed by atoms with Crippen molar-refractivity contribution in [1.82, 2.24) is 0 Å². The van der Waals surface area contributed by atoms with Crippen LogP contribution in [0.2, 0.25) is 0 Å². The maximum Gasteiger partial charge on any atom is 0.0546 e. The van der Waals surface area contributed by atoms with Crippen molar-refractivity contribution in [3.63, 3.8) is 0 Å². The molecule has 0 radical (unpaired) electrons. The summed E-state index contributed by atoms with van der Waals surface area (Å²) in [4.78, 5) is 2.42. The number of anilines is 3. The van der Waals surface area contributed by atoms with Gasteiger partial charge in [0.1, 0.15) is 0 Å². The molecule has 0 saturated heterocycles. The van der Waals surface area contributed by atoms with Gasteiger partial charge in [-0.15, -0.1) is 0 Å². The molecule has 0 aromatic heterocycles. The summed E-state index contributed by atoms with van der Waals surface area (Å²) in [5, 5.41) is 15.1. The zero-order valence-electron chi connectivity index (χ0n) is 30.2. The molecular formula is C54H35N. The predicted octanol–water partition coefficient (Wildman–Crippen LogP) is 15.4. The summed E-state index contributed by atoms with van der Waals surface area (Å²) in [6.45, 7) is 0. The molecule has 0 bridgehead atoms. The Kier molecular flexibility index (Phi) is 7.25. The van der Waals surface area contributed by atoms with Crippen molar-refractivity contribution in [3.05, 3.63) is 212 Å². The molecule has 0 aliphatic carbocycles. The fourth-order valence-corrected chi connectivity index (χ4v) is 8.62. The summed E-state index contributed by atoms with van der Waals surface area (Å²) in [5.41, 5.74) is 8.20. The highest BCUT2D eigenvalue weighted by molar-refractivity contribution is 6.15. The van der Waals surface area contributed by atoms with Crippen molar-refractivity contribution in [2.75, 3.05) is 4.90 Å². The Morgan fingerprint density at radius 3 is 1.05 bits per heavy atom. The molecule has 0 fully saturated rings. The van der Waals surface area contributed by atoms with Crippen molar-refractivity contribution in [3.8, 4) is 22.3 Å². The smallest absolute Gasteiger partial charge is 0.0546 e. The van der Waals surface area contributed by atoms with E-state index in [1.165, 1.54) is 86.9 Å². The van der Waals surface area contributed by atoms with Crippen LogP contribution in [0.4, 0.5) is 17.1 Å². The lowest BCUT2D eigenvalue weighted by molar-refractivity contribution is 1.30. The number of nitrogens with zero attached hydrogens (tertiary/aromatic N) is 1. The Morgan fingerprint density at radius 2 is 0.564 bits per heavy atom. The van der Waals surface area contributed by atoms with Gasteiger partial charge < -0.3 is 4.90 Å². The van der Waals surface area contributed by atoms with Crippen molar-refractivity contribution in [2.45, 2.75) is 0 Å². The van der Waals surface area contributed by atoms with Crippen LogP contribution in [0, 0.1) is 0 Å². The first-order valence-corrected chi connectivity index (χ1v) is 19.0. The average molecular weight is 698 g/mol. The zero-order chi connectivity index (χ0) is 36.3. The minimum absolute atomic E-state index is 1.11. The minimum atomic E-state index is 1.11. The largest absolute Gasteiger partial charge is 0.310 e. The summed E-state index contributed by atoms with van der Waals surface area (Å²) in [5.74, 6) is 0. The van der Waals surface area contributed by atoms with Gasteiger partial charge in [0, 0.05) is 16.8 Å². The van der Waals surface area contributed by atoms with Gasteiger partial charge in [-0.2, -0.15) is 0 Å². The molecule has 1 heteroatoms. The predicted molar refractivity (Wildman–Crippen MR) is 237 cm³/mol. The van der Waals surface area contributed by atoms with E-state index in [1.807, 2.05) is 0 Å². The van der Waals surface area contributed by atoms with E-state index in [-0.39, 0.29) is 0 Å². The molecule has 55 heavy (non-hydrogen) atoms. The van der Waals surface area contributed by atoms with Crippen LogP contribution < -0.4 is 4.90 Å². The number of benzene rings is 11. The third-order valence-electron chi connectivity index (χ3n) is 11.4. The third-order valence-corrected chi connectivity index (χ3v) is 11.4. The molecular weight excluding hydrogens is 663 g/mol. The molecule has 0 unspecified atom stereocenters. The van der Waals surface area contributed by atoms with Gasteiger partial charge in [-0.1, -0.05) is 170 Å². The van der Waals surface area contributed by atoms with Crippen LogP contribution in [0.25, 0.3) is 86.9 Å². The standard InChI is InChI=1S/C54H35N/c1-4-12-47-38(9-1)17-19-40-21-23-42(33-52(40)47)36-25-29-45(30-26-36)55(54-35-44-11-3-6-14-49(44)50-15-7-8-16-51(50)54)46-31-27-37(28-32-46)43-24-22-41-20-18-39-10-2-5-13-48(39)53(41)34-43/h1-35H. The van der Waals surface area contributed by atoms with Gasteiger partial charge in [-0.3, -0.25) is 0 Å². The molecule has 11 rings (SSSR count).